The highest BCUT2D eigenvalue weighted by Gasteiger charge is 2.13. The van der Waals surface area contributed by atoms with Gasteiger partial charge in [0.1, 0.15) is 0 Å². The fourth-order valence-electron chi connectivity index (χ4n) is 2.34. The third-order valence-electron chi connectivity index (χ3n) is 4.44. The molecule has 1 heterocycles. The van der Waals surface area contributed by atoms with Gasteiger partial charge in [0.05, 0.1) is 5.52 Å². The molecule has 21 heavy (non-hydrogen) atoms. The van der Waals surface area contributed by atoms with Crippen molar-refractivity contribution in [1.29, 1.82) is 0 Å². The summed E-state index contributed by atoms with van der Waals surface area (Å²) in [5.74, 6) is 0. The van der Waals surface area contributed by atoms with Crippen LogP contribution in [0.4, 0.5) is 0 Å². The van der Waals surface area contributed by atoms with Crippen LogP contribution in [0.3, 0.4) is 0 Å². The lowest BCUT2D eigenvalue weighted by Crippen LogP contribution is -2.35. The van der Waals surface area contributed by atoms with Gasteiger partial charge in [-0.05, 0) is 52.6 Å². The molecule has 1 unspecified atom stereocenters. The van der Waals surface area contributed by atoms with Gasteiger partial charge in [-0.2, -0.15) is 0 Å². The second-order valence-electron chi connectivity index (χ2n) is 6.19. The Hall–Kier alpha value is -1.45. The van der Waals surface area contributed by atoms with Crippen molar-refractivity contribution >= 4 is 10.9 Å². The van der Waals surface area contributed by atoms with Gasteiger partial charge in [0.15, 0.2) is 0 Å². The predicted octanol–water partition coefficient (Wildman–Crippen LogP) is 3.57. The first-order chi connectivity index (χ1) is 9.99. The van der Waals surface area contributed by atoms with E-state index in [2.05, 4.69) is 73.9 Å². The highest BCUT2D eigenvalue weighted by molar-refractivity contribution is 5.78. The third-order valence-corrected chi connectivity index (χ3v) is 4.44. The molecule has 0 N–H and O–H groups in total. The minimum Gasteiger partial charge on any atom is -0.303 e. The quantitative estimate of drug-likeness (QED) is 0.809. The molecular weight excluding hydrogens is 258 g/mol. The number of likely N-dealkylation sites (N-methyl/N-ethyl adjacent to an activating group) is 2. The van der Waals surface area contributed by atoms with Crippen LogP contribution < -0.4 is 0 Å². The number of aromatic nitrogens is 1. The Morgan fingerprint density at radius 3 is 2.38 bits per heavy atom. The molecule has 0 fully saturated rings. The molecule has 0 saturated heterocycles. The monoisotopic (exact) mass is 285 g/mol. The normalized spacial score (nSPS) is 13.5. The van der Waals surface area contributed by atoms with Crippen LogP contribution in [0.1, 0.15) is 32.4 Å². The molecule has 1 aromatic carbocycles. The van der Waals surface area contributed by atoms with Crippen LogP contribution >= 0.6 is 0 Å². The standard InChI is InChI=1S/C18H27N3/c1-14(2)20(4)10-11-21(5)15(3)17-12-16-8-6-7-9-18(16)19-13-17/h6-9,12-15H,10-11H2,1-5H3. The van der Waals surface area contributed by atoms with E-state index in [-0.39, 0.29) is 0 Å². The first-order valence-corrected chi connectivity index (χ1v) is 7.74. The molecule has 0 radical (unpaired) electrons. The molecule has 0 saturated carbocycles. The summed E-state index contributed by atoms with van der Waals surface area (Å²) in [5, 5.41) is 1.22. The largest absolute Gasteiger partial charge is 0.303 e. The minimum atomic E-state index is 0.377. The van der Waals surface area contributed by atoms with Crippen LogP contribution in [-0.2, 0) is 0 Å². The molecule has 3 heteroatoms. The van der Waals surface area contributed by atoms with E-state index < -0.39 is 0 Å². The maximum atomic E-state index is 4.57. The first-order valence-electron chi connectivity index (χ1n) is 7.74. The number of nitrogens with zero attached hydrogens (tertiary/aromatic N) is 3. The van der Waals surface area contributed by atoms with E-state index in [1.807, 2.05) is 12.3 Å². The summed E-state index contributed by atoms with van der Waals surface area (Å²) in [6, 6.07) is 11.5. The van der Waals surface area contributed by atoms with Crippen molar-refractivity contribution in [1.82, 2.24) is 14.8 Å². The molecule has 1 aromatic heterocycles. The van der Waals surface area contributed by atoms with Gasteiger partial charge in [-0.15, -0.1) is 0 Å². The van der Waals surface area contributed by atoms with Gasteiger partial charge in [-0.3, -0.25) is 9.88 Å². The zero-order chi connectivity index (χ0) is 15.4. The maximum absolute atomic E-state index is 4.57. The number of para-hydroxylation sites is 1. The lowest BCUT2D eigenvalue weighted by atomic mass is 10.1. The number of rotatable bonds is 6. The van der Waals surface area contributed by atoms with Crippen LogP contribution in [0.5, 0.6) is 0 Å². The van der Waals surface area contributed by atoms with Gasteiger partial charge in [0, 0.05) is 36.8 Å². The smallest absolute Gasteiger partial charge is 0.0702 e. The Morgan fingerprint density at radius 1 is 1.00 bits per heavy atom. The molecule has 0 aliphatic rings. The Kier molecular flexibility index (Phi) is 5.32. The maximum Gasteiger partial charge on any atom is 0.0702 e. The molecule has 0 aliphatic heterocycles. The number of benzene rings is 1. The van der Waals surface area contributed by atoms with Gasteiger partial charge in [0.2, 0.25) is 0 Å². The van der Waals surface area contributed by atoms with Gasteiger partial charge >= 0.3 is 0 Å². The van der Waals surface area contributed by atoms with Crippen LogP contribution in [0.15, 0.2) is 36.5 Å². The second kappa shape index (κ2) is 7.01. The highest BCUT2D eigenvalue weighted by Crippen LogP contribution is 2.21. The zero-order valence-electron chi connectivity index (χ0n) is 13.9. The highest BCUT2D eigenvalue weighted by atomic mass is 15.2. The lowest BCUT2D eigenvalue weighted by Gasteiger charge is -2.29. The van der Waals surface area contributed by atoms with E-state index in [1.165, 1.54) is 10.9 Å². The van der Waals surface area contributed by atoms with Crippen LogP contribution in [-0.4, -0.2) is 48.0 Å². The SMILES string of the molecule is CC(C)N(C)CCN(C)C(C)c1cnc2ccccc2c1. The summed E-state index contributed by atoms with van der Waals surface area (Å²) in [7, 11) is 4.37. The third kappa shape index (κ3) is 4.02. The van der Waals surface area contributed by atoms with Crippen LogP contribution in [0.25, 0.3) is 10.9 Å². The average Bonchev–Trinajstić information content (AvgIpc) is 2.50. The molecule has 0 spiro atoms. The molecule has 0 aliphatic carbocycles. The molecular formula is C18H27N3. The van der Waals surface area contributed by atoms with Crippen molar-refractivity contribution in [2.24, 2.45) is 0 Å². The van der Waals surface area contributed by atoms with Crippen molar-refractivity contribution in [3.8, 4) is 0 Å². The Balaban J connectivity index is 2.05. The minimum absolute atomic E-state index is 0.377. The number of fused-ring (bicyclic) bond motifs is 1. The van der Waals surface area contributed by atoms with Crippen molar-refractivity contribution < 1.29 is 0 Å². The molecule has 3 nitrogen and oxygen atoms in total. The summed E-state index contributed by atoms with van der Waals surface area (Å²) < 4.78 is 0. The summed E-state index contributed by atoms with van der Waals surface area (Å²) >= 11 is 0. The number of pyridine rings is 1. The Labute approximate surface area is 128 Å². The lowest BCUT2D eigenvalue weighted by molar-refractivity contribution is 0.196. The van der Waals surface area contributed by atoms with Crippen molar-refractivity contribution in [2.45, 2.75) is 32.9 Å². The number of hydrogen-bond donors (Lipinski definition) is 0. The summed E-state index contributed by atoms with van der Waals surface area (Å²) in [5.41, 5.74) is 2.35. The molecule has 0 bridgehead atoms. The predicted molar refractivity (Wildman–Crippen MR) is 90.6 cm³/mol. The molecule has 2 rings (SSSR count). The van der Waals surface area contributed by atoms with E-state index in [1.54, 1.807) is 0 Å². The first kappa shape index (κ1) is 15.9. The average molecular weight is 285 g/mol. The van der Waals surface area contributed by atoms with Gasteiger partial charge in [-0.25, -0.2) is 0 Å². The summed E-state index contributed by atoms with van der Waals surface area (Å²) in [6.07, 6.45) is 2.01. The molecule has 2 aromatic rings. The van der Waals surface area contributed by atoms with E-state index in [4.69, 9.17) is 0 Å². The molecule has 1 atom stereocenters. The van der Waals surface area contributed by atoms with Crippen molar-refractivity contribution in [3.63, 3.8) is 0 Å². The van der Waals surface area contributed by atoms with Gasteiger partial charge < -0.3 is 4.90 Å². The van der Waals surface area contributed by atoms with Crippen molar-refractivity contribution in [3.05, 3.63) is 42.1 Å². The van der Waals surface area contributed by atoms with E-state index in [0.29, 0.717) is 12.1 Å². The molecule has 0 amide bonds. The van der Waals surface area contributed by atoms with Gasteiger partial charge in [-0.1, -0.05) is 18.2 Å². The summed E-state index contributed by atoms with van der Waals surface area (Å²) in [4.78, 5) is 9.34. The van der Waals surface area contributed by atoms with Gasteiger partial charge in [0.25, 0.3) is 0 Å². The molecule has 114 valence electrons. The Morgan fingerprint density at radius 2 is 1.67 bits per heavy atom. The fourth-order valence-corrected chi connectivity index (χ4v) is 2.34. The number of hydrogen-bond acceptors (Lipinski definition) is 3. The zero-order valence-corrected chi connectivity index (χ0v) is 13.9. The Bertz CT molecular complexity index is 579. The van der Waals surface area contributed by atoms with Crippen LogP contribution in [0, 0.1) is 0 Å². The summed E-state index contributed by atoms with van der Waals surface area (Å²) in [6.45, 7) is 8.86. The van der Waals surface area contributed by atoms with Crippen LogP contribution in [0.2, 0.25) is 0 Å². The topological polar surface area (TPSA) is 19.4 Å². The van der Waals surface area contributed by atoms with Crippen molar-refractivity contribution in [2.75, 3.05) is 27.2 Å². The van der Waals surface area contributed by atoms with E-state index in [9.17, 15) is 0 Å². The van der Waals surface area contributed by atoms with E-state index >= 15 is 0 Å². The second-order valence-corrected chi connectivity index (χ2v) is 6.19. The fraction of sp³-hybridized carbons (Fsp3) is 0.500. The van der Waals surface area contributed by atoms with E-state index in [0.717, 1.165) is 18.6 Å².